The largest absolute Gasteiger partial charge is 0.482 e. The molecule has 3 rings (SSSR count). The number of rotatable bonds is 1. The Kier molecular flexibility index (Phi) is 2.44. The topological polar surface area (TPSA) is 29.5 Å². The molecule has 0 radical (unpaired) electrons. The van der Waals surface area contributed by atoms with Crippen LogP contribution in [0, 0.1) is 0 Å². The van der Waals surface area contributed by atoms with Crippen LogP contribution in [-0.4, -0.2) is 18.6 Å². The fraction of sp³-hybridized carbons (Fsp3) is 0.214. The standard InChI is InChI=1S/C14H13NO2/c16-10-15-11-6-2-1-3-8-13(11)17-14-9-5-4-7-12(14)15/h2-11,13H,1H2. The van der Waals surface area contributed by atoms with Crippen LogP contribution in [0.3, 0.4) is 0 Å². The van der Waals surface area contributed by atoms with Gasteiger partial charge in [-0.15, -0.1) is 0 Å². The zero-order valence-corrected chi connectivity index (χ0v) is 9.32. The van der Waals surface area contributed by atoms with Crippen molar-refractivity contribution in [1.29, 1.82) is 0 Å². The number of para-hydroxylation sites is 2. The first-order chi connectivity index (χ1) is 8.40. The first-order valence-corrected chi connectivity index (χ1v) is 5.73. The minimum absolute atomic E-state index is 0.0406. The Morgan fingerprint density at radius 2 is 2.06 bits per heavy atom. The smallest absolute Gasteiger partial charge is 0.214 e. The lowest BCUT2D eigenvalue weighted by molar-refractivity contribution is -0.108. The summed E-state index contributed by atoms with van der Waals surface area (Å²) in [7, 11) is 0. The van der Waals surface area contributed by atoms with Gasteiger partial charge in [0, 0.05) is 0 Å². The lowest BCUT2D eigenvalue weighted by atomic mass is 10.1. The summed E-state index contributed by atoms with van der Waals surface area (Å²) < 4.78 is 5.91. The summed E-state index contributed by atoms with van der Waals surface area (Å²) in [6, 6.07) is 7.58. The monoisotopic (exact) mass is 227 g/mol. The number of amides is 1. The van der Waals surface area contributed by atoms with E-state index in [9.17, 15) is 4.79 Å². The number of fused-ring (bicyclic) bond motifs is 2. The maximum Gasteiger partial charge on any atom is 0.214 e. The predicted molar refractivity (Wildman–Crippen MR) is 66.1 cm³/mol. The molecule has 86 valence electrons. The zero-order chi connectivity index (χ0) is 11.7. The van der Waals surface area contributed by atoms with Gasteiger partial charge in [-0.1, -0.05) is 30.4 Å². The molecule has 0 N–H and O–H groups in total. The molecule has 0 bridgehead atoms. The van der Waals surface area contributed by atoms with Gasteiger partial charge in [-0.25, -0.2) is 0 Å². The Morgan fingerprint density at radius 1 is 1.24 bits per heavy atom. The molecule has 0 fully saturated rings. The molecule has 2 atom stereocenters. The second-order valence-electron chi connectivity index (χ2n) is 4.15. The molecule has 1 aromatic carbocycles. The number of hydrogen-bond acceptors (Lipinski definition) is 2. The quantitative estimate of drug-likeness (QED) is 0.544. The molecule has 2 aliphatic rings. The van der Waals surface area contributed by atoms with E-state index in [1.807, 2.05) is 36.4 Å². The van der Waals surface area contributed by atoms with Crippen molar-refractivity contribution in [2.75, 3.05) is 4.90 Å². The molecule has 17 heavy (non-hydrogen) atoms. The maximum atomic E-state index is 11.3. The molecule has 0 saturated carbocycles. The molecule has 2 unspecified atom stereocenters. The molecular weight excluding hydrogens is 214 g/mol. The highest BCUT2D eigenvalue weighted by Crippen LogP contribution is 2.36. The van der Waals surface area contributed by atoms with E-state index in [1.165, 1.54) is 0 Å². The van der Waals surface area contributed by atoms with Crippen molar-refractivity contribution < 1.29 is 9.53 Å². The van der Waals surface area contributed by atoms with Gasteiger partial charge in [-0.05, 0) is 24.6 Å². The maximum absolute atomic E-state index is 11.3. The Bertz CT molecular complexity index is 493. The van der Waals surface area contributed by atoms with Crippen LogP contribution in [0.25, 0.3) is 0 Å². The summed E-state index contributed by atoms with van der Waals surface area (Å²) in [5.74, 6) is 0.765. The number of hydrogen-bond donors (Lipinski definition) is 0. The highest BCUT2D eigenvalue weighted by atomic mass is 16.5. The van der Waals surface area contributed by atoms with E-state index < -0.39 is 0 Å². The van der Waals surface area contributed by atoms with Gasteiger partial charge in [0.2, 0.25) is 6.41 Å². The van der Waals surface area contributed by atoms with E-state index in [1.54, 1.807) is 4.90 Å². The Labute approximate surface area is 100.0 Å². The number of carbonyl (C=O) groups excluding carboxylic acids is 1. The number of allylic oxidation sites excluding steroid dienone is 2. The normalized spacial score (nSPS) is 25.5. The molecule has 0 aromatic heterocycles. The molecule has 1 aliphatic heterocycles. The van der Waals surface area contributed by atoms with E-state index in [4.69, 9.17) is 4.74 Å². The molecule has 0 saturated heterocycles. The van der Waals surface area contributed by atoms with Gasteiger partial charge >= 0.3 is 0 Å². The van der Waals surface area contributed by atoms with Crippen LogP contribution in [-0.2, 0) is 4.79 Å². The number of ether oxygens (including phenoxy) is 1. The minimum atomic E-state index is -0.0890. The highest BCUT2D eigenvalue weighted by Gasteiger charge is 2.32. The summed E-state index contributed by atoms with van der Waals surface area (Å²) in [4.78, 5) is 13.0. The van der Waals surface area contributed by atoms with Gasteiger partial charge in [0.15, 0.2) is 0 Å². The van der Waals surface area contributed by atoms with Crippen LogP contribution in [0.2, 0.25) is 0 Å². The molecule has 1 amide bonds. The number of carbonyl (C=O) groups is 1. The summed E-state index contributed by atoms with van der Waals surface area (Å²) in [5.41, 5.74) is 0.837. The third kappa shape index (κ3) is 1.64. The van der Waals surface area contributed by atoms with Crippen molar-refractivity contribution in [2.24, 2.45) is 0 Å². The van der Waals surface area contributed by atoms with Gasteiger partial charge in [0.05, 0.1) is 11.7 Å². The zero-order valence-electron chi connectivity index (χ0n) is 9.32. The number of nitrogens with zero attached hydrogens (tertiary/aromatic N) is 1. The Morgan fingerprint density at radius 3 is 2.94 bits per heavy atom. The predicted octanol–water partition coefficient (Wildman–Crippen LogP) is 2.30. The van der Waals surface area contributed by atoms with Crippen molar-refractivity contribution in [3.05, 3.63) is 48.6 Å². The van der Waals surface area contributed by atoms with Gasteiger partial charge < -0.3 is 9.64 Å². The highest BCUT2D eigenvalue weighted by molar-refractivity contribution is 5.81. The SMILES string of the molecule is O=CN1c2ccccc2OC2C=CCC=CC21. The summed E-state index contributed by atoms with van der Waals surface area (Å²) >= 11 is 0. The second kappa shape index (κ2) is 4.09. The molecule has 1 aliphatic carbocycles. The average Bonchev–Trinajstić information content (AvgIpc) is 2.60. The van der Waals surface area contributed by atoms with Crippen molar-refractivity contribution in [3.8, 4) is 5.75 Å². The average molecular weight is 227 g/mol. The first-order valence-electron chi connectivity index (χ1n) is 5.73. The third-order valence-corrected chi connectivity index (χ3v) is 3.11. The van der Waals surface area contributed by atoms with Gasteiger partial charge in [0.25, 0.3) is 0 Å². The first kappa shape index (κ1) is 10.1. The number of benzene rings is 1. The number of anilines is 1. The molecule has 3 heteroatoms. The fourth-order valence-electron chi connectivity index (χ4n) is 2.30. The van der Waals surface area contributed by atoms with E-state index in [2.05, 4.69) is 12.2 Å². The van der Waals surface area contributed by atoms with E-state index in [-0.39, 0.29) is 12.1 Å². The molecule has 0 spiro atoms. The van der Waals surface area contributed by atoms with Crippen molar-refractivity contribution >= 4 is 12.1 Å². The Hall–Kier alpha value is -2.03. The van der Waals surface area contributed by atoms with Crippen molar-refractivity contribution in [3.63, 3.8) is 0 Å². The van der Waals surface area contributed by atoms with E-state index in [0.717, 1.165) is 24.3 Å². The summed E-state index contributed by atoms with van der Waals surface area (Å²) in [6.07, 6.45) is 9.87. The Balaban J connectivity index is 2.09. The lowest BCUT2D eigenvalue weighted by Gasteiger charge is -2.37. The van der Waals surface area contributed by atoms with Crippen molar-refractivity contribution in [2.45, 2.75) is 18.6 Å². The van der Waals surface area contributed by atoms with E-state index >= 15 is 0 Å². The fourth-order valence-corrected chi connectivity index (χ4v) is 2.30. The molecule has 1 aromatic rings. The minimum Gasteiger partial charge on any atom is -0.482 e. The summed E-state index contributed by atoms with van der Waals surface area (Å²) in [6.45, 7) is 0. The molecular formula is C14H13NO2. The van der Waals surface area contributed by atoms with Crippen LogP contribution in [0.5, 0.6) is 5.75 Å². The second-order valence-corrected chi connectivity index (χ2v) is 4.15. The van der Waals surface area contributed by atoms with Crippen LogP contribution in [0.15, 0.2) is 48.6 Å². The molecule has 3 nitrogen and oxygen atoms in total. The van der Waals surface area contributed by atoms with Crippen molar-refractivity contribution in [1.82, 2.24) is 0 Å². The van der Waals surface area contributed by atoms with Crippen LogP contribution in [0.4, 0.5) is 5.69 Å². The lowest BCUT2D eigenvalue weighted by Crippen LogP contribution is -2.47. The van der Waals surface area contributed by atoms with Gasteiger partial charge in [0.1, 0.15) is 11.9 Å². The van der Waals surface area contributed by atoms with Gasteiger partial charge in [-0.3, -0.25) is 4.79 Å². The van der Waals surface area contributed by atoms with Crippen LogP contribution < -0.4 is 9.64 Å². The molecule has 1 heterocycles. The van der Waals surface area contributed by atoms with Gasteiger partial charge in [-0.2, -0.15) is 0 Å². The third-order valence-electron chi connectivity index (χ3n) is 3.11. The van der Waals surface area contributed by atoms with Crippen LogP contribution in [0.1, 0.15) is 6.42 Å². The summed E-state index contributed by atoms with van der Waals surface area (Å²) in [5, 5.41) is 0. The van der Waals surface area contributed by atoms with E-state index in [0.29, 0.717) is 0 Å². The van der Waals surface area contributed by atoms with Crippen LogP contribution >= 0.6 is 0 Å².